The van der Waals surface area contributed by atoms with E-state index in [1.165, 1.54) is 38.5 Å². The molecule has 1 aliphatic heterocycles. The number of rotatable bonds is 4. The van der Waals surface area contributed by atoms with E-state index >= 15 is 0 Å². The third-order valence-corrected chi connectivity index (χ3v) is 5.89. The van der Waals surface area contributed by atoms with Crippen molar-refractivity contribution in [2.45, 2.75) is 52.3 Å². The van der Waals surface area contributed by atoms with Crippen LogP contribution in [0.2, 0.25) is 0 Å². The van der Waals surface area contributed by atoms with Crippen LogP contribution in [-0.4, -0.2) is 43.5 Å². The first kappa shape index (κ1) is 18.9. The van der Waals surface area contributed by atoms with Gasteiger partial charge < -0.3 is 10.1 Å². The summed E-state index contributed by atoms with van der Waals surface area (Å²) in [6, 6.07) is 9.73. The lowest BCUT2D eigenvalue weighted by molar-refractivity contribution is -0.0390. The Morgan fingerprint density at radius 1 is 1.14 bits per heavy atom. The van der Waals surface area contributed by atoms with Crippen LogP contribution in [0.15, 0.2) is 35.1 Å². The summed E-state index contributed by atoms with van der Waals surface area (Å²) in [6.45, 7) is 8.83. The highest BCUT2D eigenvalue weighted by atomic mass is 16.3. The molecule has 28 heavy (non-hydrogen) atoms. The van der Waals surface area contributed by atoms with Crippen LogP contribution in [0, 0.1) is 20.8 Å². The first-order valence-corrected chi connectivity index (χ1v) is 9.90. The van der Waals surface area contributed by atoms with E-state index in [2.05, 4.69) is 47.0 Å². The van der Waals surface area contributed by atoms with Gasteiger partial charge in [-0.15, -0.1) is 0 Å². The van der Waals surface area contributed by atoms with Crippen LogP contribution in [0.5, 0.6) is 0 Å². The summed E-state index contributed by atoms with van der Waals surface area (Å²) in [5.74, 6) is 0. The van der Waals surface area contributed by atoms with Gasteiger partial charge in [-0.1, -0.05) is 11.6 Å². The molecule has 6 nitrogen and oxygen atoms in total. The van der Waals surface area contributed by atoms with Gasteiger partial charge in [0.05, 0.1) is 17.8 Å². The number of aromatic nitrogens is 3. The molecule has 3 heterocycles. The van der Waals surface area contributed by atoms with Crippen LogP contribution >= 0.6 is 0 Å². The van der Waals surface area contributed by atoms with Gasteiger partial charge >= 0.3 is 0 Å². The number of nitrogens with zero attached hydrogens (tertiary/aromatic N) is 3. The van der Waals surface area contributed by atoms with Crippen molar-refractivity contribution in [3.63, 3.8) is 0 Å². The molecule has 2 N–H and O–H groups in total. The number of aryl methyl sites for hydroxylation is 3. The van der Waals surface area contributed by atoms with Gasteiger partial charge in [-0.05, 0) is 57.4 Å². The van der Waals surface area contributed by atoms with Gasteiger partial charge in [-0.3, -0.25) is 9.69 Å². The standard InChI is InChI=1S/C22H28N4O2/c1-15-4-6-20-18(12-15)19(17(3)23-20)13-25-10-8-22(28,9-11-25)14-26-21(27)7-5-16(2)24-26/h4-7,12,23,28H,8-11,13-14H2,1-3H3. The minimum Gasteiger partial charge on any atom is -0.388 e. The number of likely N-dealkylation sites (tertiary alicyclic amines) is 1. The lowest BCUT2D eigenvalue weighted by atomic mass is 9.91. The highest BCUT2D eigenvalue weighted by Crippen LogP contribution is 2.28. The Morgan fingerprint density at radius 3 is 2.64 bits per heavy atom. The number of nitrogens with one attached hydrogen (secondary N) is 1. The second-order valence-electron chi connectivity index (χ2n) is 8.25. The molecule has 0 radical (unpaired) electrons. The molecule has 3 aromatic rings. The molecule has 1 aliphatic rings. The molecule has 1 aromatic carbocycles. The van der Waals surface area contributed by atoms with Crippen LogP contribution in [0.25, 0.3) is 10.9 Å². The van der Waals surface area contributed by atoms with Gasteiger partial charge in [0.1, 0.15) is 0 Å². The number of fused-ring (bicyclic) bond motifs is 1. The number of aliphatic hydroxyl groups is 1. The van der Waals surface area contributed by atoms with E-state index in [4.69, 9.17) is 0 Å². The van der Waals surface area contributed by atoms with Crippen molar-refractivity contribution in [3.8, 4) is 0 Å². The van der Waals surface area contributed by atoms with Gasteiger partial charge in [0.2, 0.25) is 0 Å². The molecule has 6 heteroatoms. The van der Waals surface area contributed by atoms with Crippen LogP contribution in [0.4, 0.5) is 0 Å². The molecule has 2 aromatic heterocycles. The maximum absolute atomic E-state index is 12.0. The molecule has 148 valence electrons. The van der Waals surface area contributed by atoms with Crippen LogP contribution in [-0.2, 0) is 13.1 Å². The monoisotopic (exact) mass is 380 g/mol. The van der Waals surface area contributed by atoms with E-state index in [9.17, 15) is 9.90 Å². The van der Waals surface area contributed by atoms with E-state index in [1.807, 2.05) is 6.92 Å². The van der Waals surface area contributed by atoms with Gasteiger partial charge in [0.15, 0.2) is 0 Å². The van der Waals surface area contributed by atoms with Crippen LogP contribution < -0.4 is 5.56 Å². The molecule has 0 unspecified atom stereocenters. The Morgan fingerprint density at radius 2 is 1.89 bits per heavy atom. The van der Waals surface area contributed by atoms with Gasteiger partial charge in [-0.2, -0.15) is 5.10 Å². The first-order chi connectivity index (χ1) is 13.3. The van der Waals surface area contributed by atoms with E-state index in [1.54, 1.807) is 6.07 Å². The highest BCUT2D eigenvalue weighted by Gasteiger charge is 2.33. The van der Waals surface area contributed by atoms with E-state index in [0.29, 0.717) is 12.8 Å². The molecule has 0 spiro atoms. The van der Waals surface area contributed by atoms with Crippen molar-refractivity contribution in [1.82, 2.24) is 19.7 Å². The smallest absolute Gasteiger partial charge is 0.266 e. The predicted octanol–water partition coefficient (Wildman–Crippen LogP) is 2.68. The molecular weight excluding hydrogens is 352 g/mol. The van der Waals surface area contributed by atoms with Crippen molar-refractivity contribution >= 4 is 10.9 Å². The molecule has 1 saturated heterocycles. The molecule has 0 saturated carbocycles. The zero-order valence-electron chi connectivity index (χ0n) is 16.8. The average Bonchev–Trinajstić information content (AvgIpc) is 2.95. The minimum atomic E-state index is -0.882. The zero-order valence-corrected chi connectivity index (χ0v) is 16.8. The molecule has 0 bridgehead atoms. The van der Waals surface area contributed by atoms with Gasteiger partial charge in [-0.25, -0.2) is 4.68 Å². The number of piperidine rings is 1. The fourth-order valence-corrected chi connectivity index (χ4v) is 4.15. The molecule has 0 amide bonds. The van der Waals surface area contributed by atoms with Gasteiger partial charge in [0, 0.05) is 42.3 Å². The van der Waals surface area contributed by atoms with Crippen LogP contribution in [0.3, 0.4) is 0 Å². The number of hydrogen-bond acceptors (Lipinski definition) is 4. The Balaban J connectivity index is 1.46. The summed E-state index contributed by atoms with van der Waals surface area (Å²) in [4.78, 5) is 17.9. The SMILES string of the molecule is Cc1ccc2[nH]c(C)c(CN3CCC(O)(Cn4nc(C)ccc4=O)CC3)c2c1. The second kappa shape index (κ2) is 7.18. The average molecular weight is 380 g/mol. The first-order valence-electron chi connectivity index (χ1n) is 9.90. The van der Waals surface area contributed by atoms with E-state index in [-0.39, 0.29) is 12.1 Å². The van der Waals surface area contributed by atoms with Crippen molar-refractivity contribution in [1.29, 1.82) is 0 Å². The summed E-state index contributed by atoms with van der Waals surface area (Å²) < 4.78 is 1.40. The summed E-state index contributed by atoms with van der Waals surface area (Å²) in [7, 11) is 0. The van der Waals surface area contributed by atoms with Crippen LogP contribution in [0.1, 0.15) is 35.4 Å². The fraction of sp³-hybridized carbons (Fsp3) is 0.455. The lowest BCUT2D eigenvalue weighted by Gasteiger charge is -2.38. The third kappa shape index (κ3) is 3.75. The normalized spacial score (nSPS) is 17.3. The van der Waals surface area contributed by atoms with Gasteiger partial charge in [0.25, 0.3) is 5.56 Å². The van der Waals surface area contributed by atoms with Crippen molar-refractivity contribution in [2.75, 3.05) is 13.1 Å². The Kier molecular flexibility index (Phi) is 4.85. The van der Waals surface area contributed by atoms with Crippen molar-refractivity contribution in [3.05, 3.63) is 63.2 Å². The quantitative estimate of drug-likeness (QED) is 0.730. The third-order valence-electron chi connectivity index (χ3n) is 5.89. The maximum atomic E-state index is 12.0. The minimum absolute atomic E-state index is 0.161. The summed E-state index contributed by atoms with van der Waals surface area (Å²) >= 11 is 0. The topological polar surface area (TPSA) is 74.2 Å². The lowest BCUT2D eigenvalue weighted by Crippen LogP contribution is -2.48. The maximum Gasteiger partial charge on any atom is 0.266 e. The number of hydrogen-bond donors (Lipinski definition) is 2. The molecule has 0 aliphatic carbocycles. The Labute approximate surface area is 164 Å². The summed E-state index contributed by atoms with van der Waals surface area (Å²) in [5.41, 5.74) is 4.72. The van der Waals surface area contributed by atoms with E-state index < -0.39 is 5.60 Å². The van der Waals surface area contributed by atoms with E-state index in [0.717, 1.165) is 25.3 Å². The Hall–Kier alpha value is -2.44. The van der Waals surface area contributed by atoms with Crippen molar-refractivity contribution in [2.24, 2.45) is 0 Å². The zero-order chi connectivity index (χ0) is 19.9. The highest BCUT2D eigenvalue weighted by molar-refractivity contribution is 5.85. The number of aromatic amines is 1. The largest absolute Gasteiger partial charge is 0.388 e. The molecule has 4 rings (SSSR count). The molecule has 0 atom stereocenters. The molecular formula is C22H28N4O2. The Bertz CT molecular complexity index is 1060. The number of H-pyrrole nitrogens is 1. The van der Waals surface area contributed by atoms with Crippen molar-refractivity contribution < 1.29 is 5.11 Å². The fourth-order valence-electron chi connectivity index (χ4n) is 4.15. The molecule has 1 fully saturated rings. The predicted molar refractivity (Wildman–Crippen MR) is 110 cm³/mol. The summed E-state index contributed by atoms with van der Waals surface area (Å²) in [5, 5.41) is 16.6. The summed E-state index contributed by atoms with van der Waals surface area (Å²) in [6.07, 6.45) is 1.27. The second-order valence-corrected chi connectivity index (χ2v) is 8.25. The number of benzene rings is 1.